The molecule has 1 fully saturated rings. The number of hydrogen-bond donors (Lipinski definition) is 1. The van der Waals surface area contributed by atoms with E-state index in [9.17, 15) is 4.79 Å². The lowest BCUT2D eigenvalue weighted by atomic mass is 9.80. The molecule has 0 saturated carbocycles. The third-order valence-electron chi connectivity index (χ3n) is 4.74. The molecule has 3 heterocycles. The summed E-state index contributed by atoms with van der Waals surface area (Å²) in [5.41, 5.74) is 0.826. The second kappa shape index (κ2) is 4.71. The molecule has 2 aromatic rings. The standard InChI is InChI=1S/C16H24BN3O3/c1-14(2,3)20-12-11(19-13(20)21)8-10(9-18-12)17-22-15(4,5)16(6,7)23-17/h8-9H,1-7H3,(H,19,21). The molecule has 0 bridgehead atoms. The van der Waals surface area contributed by atoms with Gasteiger partial charge in [-0.3, -0.25) is 4.57 Å². The summed E-state index contributed by atoms with van der Waals surface area (Å²) in [5.74, 6) is 0. The SMILES string of the molecule is CC(C)(C)n1c(=O)[nH]c2cc(B3OC(C)(C)C(C)(C)O3)cnc21. The highest BCUT2D eigenvalue weighted by Crippen LogP contribution is 2.36. The average Bonchev–Trinajstić information content (AvgIpc) is 2.81. The molecule has 0 aromatic carbocycles. The normalized spacial score (nSPS) is 20.4. The topological polar surface area (TPSA) is 69.1 Å². The molecule has 6 nitrogen and oxygen atoms in total. The Kier molecular flexibility index (Phi) is 3.33. The van der Waals surface area contributed by atoms with Gasteiger partial charge in [0.2, 0.25) is 0 Å². The Balaban J connectivity index is 2.05. The van der Waals surface area contributed by atoms with Crippen LogP contribution in [0.5, 0.6) is 0 Å². The Labute approximate surface area is 136 Å². The van der Waals surface area contributed by atoms with Gasteiger partial charge in [0.25, 0.3) is 0 Å². The van der Waals surface area contributed by atoms with Crippen molar-refractivity contribution in [2.45, 2.75) is 65.2 Å². The van der Waals surface area contributed by atoms with Crippen LogP contribution in [0.4, 0.5) is 0 Å². The van der Waals surface area contributed by atoms with E-state index >= 15 is 0 Å². The van der Waals surface area contributed by atoms with Crippen LogP contribution in [0.15, 0.2) is 17.1 Å². The predicted octanol–water partition coefficient (Wildman–Crippen LogP) is 1.78. The van der Waals surface area contributed by atoms with E-state index in [1.54, 1.807) is 10.8 Å². The maximum atomic E-state index is 12.2. The van der Waals surface area contributed by atoms with Crippen molar-refractivity contribution in [2.24, 2.45) is 0 Å². The first-order chi connectivity index (χ1) is 10.4. The number of hydrogen-bond acceptors (Lipinski definition) is 4. The van der Waals surface area contributed by atoms with Gasteiger partial charge in [0.05, 0.1) is 16.7 Å². The zero-order chi connectivity index (χ0) is 17.2. The molecule has 0 spiro atoms. The Morgan fingerprint density at radius 1 is 1.17 bits per heavy atom. The number of rotatable bonds is 1. The minimum atomic E-state index is -0.488. The molecule has 23 heavy (non-hydrogen) atoms. The second-order valence-corrected chi connectivity index (χ2v) is 8.16. The quantitative estimate of drug-likeness (QED) is 0.814. The first kappa shape index (κ1) is 16.3. The van der Waals surface area contributed by atoms with Crippen molar-refractivity contribution in [3.05, 3.63) is 22.7 Å². The lowest BCUT2D eigenvalue weighted by molar-refractivity contribution is 0.00578. The lowest BCUT2D eigenvalue weighted by Gasteiger charge is -2.32. The van der Waals surface area contributed by atoms with Gasteiger partial charge in [-0.2, -0.15) is 0 Å². The number of fused-ring (bicyclic) bond motifs is 1. The molecule has 1 aliphatic rings. The summed E-state index contributed by atoms with van der Waals surface area (Å²) < 4.78 is 13.7. The van der Waals surface area contributed by atoms with Crippen LogP contribution in [0.25, 0.3) is 11.2 Å². The number of H-pyrrole nitrogens is 1. The Morgan fingerprint density at radius 3 is 2.26 bits per heavy atom. The number of aromatic amines is 1. The third kappa shape index (κ3) is 2.52. The molecular formula is C16H24BN3O3. The van der Waals surface area contributed by atoms with Crippen LogP contribution in [-0.4, -0.2) is 32.9 Å². The maximum Gasteiger partial charge on any atom is 0.496 e. The van der Waals surface area contributed by atoms with Gasteiger partial charge >= 0.3 is 12.8 Å². The second-order valence-electron chi connectivity index (χ2n) is 8.16. The summed E-state index contributed by atoms with van der Waals surface area (Å²) >= 11 is 0. The van der Waals surface area contributed by atoms with Crippen LogP contribution in [0, 0.1) is 0 Å². The molecule has 2 aromatic heterocycles. The fourth-order valence-corrected chi connectivity index (χ4v) is 2.74. The van der Waals surface area contributed by atoms with Crippen LogP contribution < -0.4 is 11.2 Å². The maximum absolute atomic E-state index is 12.2. The molecule has 7 heteroatoms. The van der Waals surface area contributed by atoms with Gasteiger partial charge < -0.3 is 14.3 Å². The number of pyridine rings is 1. The smallest absolute Gasteiger partial charge is 0.399 e. The summed E-state index contributed by atoms with van der Waals surface area (Å²) in [6.45, 7) is 14.0. The Hall–Kier alpha value is -1.60. The number of nitrogens with one attached hydrogen (secondary N) is 1. The van der Waals surface area contributed by atoms with Crippen LogP contribution >= 0.6 is 0 Å². The molecule has 0 unspecified atom stereocenters. The summed E-state index contributed by atoms with van der Waals surface area (Å²) in [7, 11) is -0.488. The van der Waals surface area contributed by atoms with Crippen molar-refractivity contribution >= 4 is 23.7 Å². The van der Waals surface area contributed by atoms with Gasteiger partial charge in [0.1, 0.15) is 0 Å². The van der Waals surface area contributed by atoms with Crippen molar-refractivity contribution in [1.29, 1.82) is 0 Å². The van der Waals surface area contributed by atoms with Gasteiger partial charge in [-0.15, -0.1) is 0 Å². The van der Waals surface area contributed by atoms with Crippen molar-refractivity contribution in [2.75, 3.05) is 0 Å². The monoisotopic (exact) mass is 317 g/mol. The van der Waals surface area contributed by atoms with Crippen LogP contribution in [0.3, 0.4) is 0 Å². The van der Waals surface area contributed by atoms with E-state index in [0.717, 1.165) is 5.46 Å². The van der Waals surface area contributed by atoms with E-state index < -0.39 is 18.3 Å². The van der Waals surface area contributed by atoms with Gasteiger partial charge in [0.15, 0.2) is 5.65 Å². The average molecular weight is 317 g/mol. The first-order valence-corrected chi connectivity index (χ1v) is 7.89. The molecular weight excluding hydrogens is 293 g/mol. The minimum absolute atomic E-state index is 0.161. The Morgan fingerprint density at radius 2 is 1.74 bits per heavy atom. The van der Waals surface area contributed by atoms with E-state index in [1.807, 2.05) is 54.5 Å². The fourth-order valence-electron chi connectivity index (χ4n) is 2.74. The molecule has 0 radical (unpaired) electrons. The lowest BCUT2D eigenvalue weighted by Crippen LogP contribution is -2.41. The zero-order valence-electron chi connectivity index (χ0n) is 14.9. The fraction of sp³-hybridized carbons (Fsp3) is 0.625. The van der Waals surface area contributed by atoms with E-state index in [2.05, 4.69) is 9.97 Å². The largest absolute Gasteiger partial charge is 0.496 e. The first-order valence-electron chi connectivity index (χ1n) is 7.89. The van der Waals surface area contributed by atoms with Gasteiger partial charge in [0, 0.05) is 17.2 Å². The van der Waals surface area contributed by atoms with Gasteiger partial charge in [-0.25, -0.2) is 9.78 Å². The van der Waals surface area contributed by atoms with Crippen LogP contribution in [0.2, 0.25) is 0 Å². The zero-order valence-corrected chi connectivity index (χ0v) is 14.9. The number of nitrogens with zero attached hydrogens (tertiary/aromatic N) is 2. The molecule has 0 atom stereocenters. The molecule has 124 valence electrons. The highest BCUT2D eigenvalue weighted by Gasteiger charge is 2.51. The van der Waals surface area contributed by atoms with Gasteiger partial charge in [-0.1, -0.05) is 0 Å². The van der Waals surface area contributed by atoms with Gasteiger partial charge in [-0.05, 0) is 54.5 Å². The molecule has 3 rings (SSSR count). The molecule has 1 N–H and O–H groups in total. The van der Waals surface area contributed by atoms with Crippen molar-refractivity contribution in [3.8, 4) is 0 Å². The molecule has 0 aliphatic carbocycles. The highest BCUT2D eigenvalue weighted by molar-refractivity contribution is 6.62. The van der Waals surface area contributed by atoms with Crippen molar-refractivity contribution < 1.29 is 9.31 Å². The van der Waals surface area contributed by atoms with Crippen LogP contribution in [-0.2, 0) is 14.8 Å². The van der Waals surface area contributed by atoms with Crippen LogP contribution in [0.1, 0.15) is 48.5 Å². The Bertz CT molecular complexity index is 798. The summed E-state index contributed by atoms with van der Waals surface area (Å²) in [4.78, 5) is 19.6. The third-order valence-corrected chi connectivity index (χ3v) is 4.74. The number of imidazole rings is 1. The highest BCUT2D eigenvalue weighted by atomic mass is 16.7. The predicted molar refractivity (Wildman–Crippen MR) is 91.1 cm³/mol. The van der Waals surface area contributed by atoms with E-state index in [1.165, 1.54) is 0 Å². The summed E-state index contributed by atoms with van der Waals surface area (Å²) in [6, 6.07) is 1.88. The molecule has 1 saturated heterocycles. The molecule has 0 amide bonds. The van der Waals surface area contributed by atoms with E-state index in [0.29, 0.717) is 11.2 Å². The van der Waals surface area contributed by atoms with E-state index in [-0.39, 0.29) is 11.2 Å². The summed E-state index contributed by atoms with van der Waals surface area (Å²) in [6.07, 6.45) is 1.72. The number of aromatic nitrogens is 3. The minimum Gasteiger partial charge on any atom is -0.399 e. The van der Waals surface area contributed by atoms with Crippen molar-refractivity contribution in [1.82, 2.24) is 14.5 Å². The van der Waals surface area contributed by atoms with Crippen molar-refractivity contribution in [3.63, 3.8) is 0 Å². The summed E-state index contributed by atoms with van der Waals surface area (Å²) in [5, 5.41) is 0. The van der Waals surface area contributed by atoms with E-state index in [4.69, 9.17) is 9.31 Å². The molecule has 1 aliphatic heterocycles.